The van der Waals surface area contributed by atoms with Crippen LogP contribution in [0.15, 0.2) is 0 Å². The van der Waals surface area contributed by atoms with E-state index in [0.29, 0.717) is 12.8 Å². The lowest BCUT2D eigenvalue weighted by Gasteiger charge is -2.18. The summed E-state index contributed by atoms with van der Waals surface area (Å²) >= 11 is 0. The molecule has 0 aromatic rings. The summed E-state index contributed by atoms with van der Waals surface area (Å²) in [5.74, 6) is -0.649. The third-order valence-electron chi connectivity index (χ3n) is 3.49. The Kier molecular flexibility index (Phi) is 10.2. The molecule has 0 aromatic heterocycles. The molecular formula is C19H36O5. The first kappa shape index (κ1) is 22.9. The summed E-state index contributed by atoms with van der Waals surface area (Å²) in [6, 6.07) is 0. The molecule has 142 valence electrons. The van der Waals surface area contributed by atoms with Crippen molar-refractivity contribution in [1.82, 2.24) is 0 Å². The van der Waals surface area contributed by atoms with Crippen molar-refractivity contribution in [1.29, 1.82) is 0 Å². The van der Waals surface area contributed by atoms with Gasteiger partial charge in [0.1, 0.15) is 19.3 Å². The van der Waals surface area contributed by atoms with Crippen LogP contribution in [-0.4, -0.2) is 36.4 Å². The van der Waals surface area contributed by atoms with E-state index in [4.69, 9.17) is 9.47 Å². The van der Waals surface area contributed by atoms with Crippen LogP contribution in [-0.2, 0) is 19.1 Å². The van der Waals surface area contributed by atoms with Crippen LogP contribution in [0.25, 0.3) is 0 Å². The molecule has 0 aliphatic rings. The standard InChI is InChI=1S/C19H36O5/c1-18(2,3)11-7-9-16(21)23-13-15(20)14-24-17(22)10-8-12-19(4,5)6/h15,20H,7-14H2,1-6H3. The first-order valence-electron chi connectivity index (χ1n) is 8.88. The van der Waals surface area contributed by atoms with Crippen LogP contribution in [0.1, 0.15) is 80.1 Å². The van der Waals surface area contributed by atoms with Gasteiger partial charge in [-0.15, -0.1) is 0 Å². The highest BCUT2D eigenvalue weighted by Crippen LogP contribution is 2.22. The molecule has 1 N–H and O–H groups in total. The Balaban J connectivity index is 3.73. The maximum absolute atomic E-state index is 11.6. The average Bonchev–Trinajstić information content (AvgIpc) is 2.40. The molecule has 0 aliphatic carbocycles. The number of hydrogen-bond acceptors (Lipinski definition) is 5. The number of hydrogen-bond donors (Lipinski definition) is 1. The van der Waals surface area contributed by atoms with Crippen molar-refractivity contribution in [3.63, 3.8) is 0 Å². The van der Waals surface area contributed by atoms with Crippen LogP contribution >= 0.6 is 0 Å². The first-order valence-corrected chi connectivity index (χ1v) is 8.88. The van der Waals surface area contributed by atoms with E-state index in [9.17, 15) is 14.7 Å². The normalized spacial score (nSPS) is 12.3. The van der Waals surface area contributed by atoms with Crippen molar-refractivity contribution in [3.05, 3.63) is 0 Å². The van der Waals surface area contributed by atoms with Crippen LogP contribution in [0.5, 0.6) is 0 Å². The van der Waals surface area contributed by atoms with Gasteiger partial charge < -0.3 is 14.6 Å². The average molecular weight is 344 g/mol. The molecule has 0 radical (unpaired) electrons. The molecule has 5 heteroatoms. The Morgan fingerprint density at radius 2 is 1.12 bits per heavy atom. The zero-order valence-electron chi connectivity index (χ0n) is 16.3. The Morgan fingerprint density at radius 1 is 0.792 bits per heavy atom. The fourth-order valence-electron chi connectivity index (χ4n) is 2.10. The summed E-state index contributed by atoms with van der Waals surface area (Å²) in [5.41, 5.74) is 0.391. The van der Waals surface area contributed by atoms with Gasteiger partial charge in [-0.2, -0.15) is 0 Å². The number of aliphatic hydroxyl groups excluding tert-OH is 1. The summed E-state index contributed by atoms with van der Waals surface area (Å²) in [7, 11) is 0. The topological polar surface area (TPSA) is 72.8 Å². The minimum absolute atomic E-state index is 0.135. The molecule has 0 saturated carbocycles. The van der Waals surface area contributed by atoms with Gasteiger partial charge in [-0.1, -0.05) is 41.5 Å². The Bertz CT molecular complexity index is 340. The van der Waals surface area contributed by atoms with E-state index in [0.717, 1.165) is 25.7 Å². The van der Waals surface area contributed by atoms with Gasteiger partial charge in [-0.3, -0.25) is 9.59 Å². The smallest absolute Gasteiger partial charge is 0.305 e. The highest BCUT2D eigenvalue weighted by atomic mass is 16.6. The number of ether oxygens (including phenoxy) is 2. The van der Waals surface area contributed by atoms with Crippen molar-refractivity contribution in [2.45, 2.75) is 86.2 Å². The van der Waals surface area contributed by atoms with Crippen LogP contribution in [0.3, 0.4) is 0 Å². The minimum atomic E-state index is -0.969. The predicted molar refractivity (Wildman–Crippen MR) is 94.5 cm³/mol. The summed E-state index contributed by atoms with van der Waals surface area (Å²) in [6.45, 7) is 12.5. The highest BCUT2D eigenvalue weighted by molar-refractivity contribution is 5.69. The fraction of sp³-hybridized carbons (Fsp3) is 0.895. The Morgan fingerprint density at radius 3 is 1.42 bits per heavy atom. The van der Waals surface area contributed by atoms with Gasteiger partial charge in [-0.25, -0.2) is 0 Å². The molecule has 0 heterocycles. The fourth-order valence-corrected chi connectivity index (χ4v) is 2.10. The van der Waals surface area contributed by atoms with Crippen molar-refractivity contribution in [2.24, 2.45) is 10.8 Å². The summed E-state index contributed by atoms with van der Waals surface area (Å²) in [5, 5.41) is 9.70. The molecular weight excluding hydrogens is 308 g/mol. The maximum atomic E-state index is 11.6. The number of aliphatic hydroxyl groups is 1. The zero-order chi connectivity index (χ0) is 18.8. The molecule has 0 rings (SSSR count). The van der Waals surface area contributed by atoms with Crippen LogP contribution in [0.2, 0.25) is 0 Å². The summed E-state index contributed by atoms with van der Waals surface area (Å²) in [4.78, 5) is 23.1. The second-order valence-electron chi connectivity index (χ2n) is 8.85. The summed E-state index contributed by atoms with van der Waals surface area (Å²) in [6.07, 6.45) is 3.13. The van der Waals surface area contributed by atoms with Crippen LogP contribution < -0.4 is 0 Å². The molecule has 0 aliphatic heterocycles. The lowest BCUT2D eigenvalue weighted by molar-refractivity contribution is -0.152. The highest BCUT2D eigenvalue weighted by Gasteiger charge is 2.15. The van der Waals surface area contributed by atoms with E-state index in [-0.39, 0.29) is 36.0 Å². The second kappa shape index (κ2) is 10.7. The molecule has 0 aromatic carbocycles. The van der Waals surface area contributed by atoms with Crippen molar-refractivity contribution >= 4 is 11.9 Å². The van der Waals surface area contributed by atoms with Crippen molar-refractivity contribution < 1.29 is 24.2 Å². The number of rotatable bonds is 10. The van der Waals surface area contributed by atoms with E-state index in [1.807, 2.05) is 0 Å². The van der Waals surface area contributed by atoms with Gasteiger partial charge in [0.05, 0.1) is 0 Å². The van der Waals surface area contributed by atoms with E-state index in [1.165, 1.54) is 0 Å². The number of carbonyl (C=O) groups excluding carboxylic acids is 2. The van der Waals surface area contributed by atoms with E-state index >= 15 is 0 Å². The molecule has 0 amide bonds. The third-order valence-corrected chi connectivity index (χ3v) is 3.49. The maximum Gasteiger partial charge on any atom is 0.305 e. The van der Waals surface area contributed by atoms with Gasteiger partial charge in [0, 0.05) is 12.8 Å². The lowest BCUT2D eigenvalue weighted by atomic mass is 9.90. The molecule has 0 spiro atoms. The largest absolute Gasteiger partial charge is 0.463 e. The first-order chi connectivity index (χ1) is 10.9. The third kappa shape index (κ3) is 15.8. The van der Waals surface area contributed by atoms with E-state index in [1.54, 1.807) is 0 Å². The molecule has 0 fully saturated rings. The summed E-state index contributed by atoms with van der Waals surface area (Å²) < 4.78 is 9.99. The Hall–Kier alpha value is -1.10. The molecule has 0 saturated heterocycles. The van der Waals surface area contributed by atoms with Gasteiger partial charge in [0.15, 0.2) is 0 Å². The Labute approximate surface area is 147 Å². The lowest BCUT2D eigenvalue weighted by Crippen LogP contribution is -2.25. The van der Waals surface area contributed by atoms with E-state index < -0.39 is 6.10 Å². The van der Waals surface area contributed by atoms with Crippen LogP contribution in [0.4, 0.5) is 0 Å². The predicted octanol–water partition coefficient (Wildman–Crippen LogP) is 3.87. The van der Waals surface area contributed by atoms with Crippen molar-refractivity contribution in [3.8, 4) is 0 Å². The van der Waals surface area contributed by atoms with Crippen LogP contribution in [0, 0.1) is 10.8 Å². The van der Waals surface area contributed by atoms with Crippen molar-refractivity contribution in [2.75, 3.05) is 13.2 Å². The van der Waals surface area contributed by atoms with Gasteiger partial charge in [0.2, 0.25) is 0 Å². The number of carbonyl (C=O) groups is 2. The molecule has 0 unspecified atom stereocenters. The second-order valence-corrected chi connectivity index (χ2v) is 8.85. The SMILES string of the molecule is CC(C)(C)CCCC(=O)OCC(O)COC(=O)CCCC(C)(C)C. The van der Waals surface area contributed by atoms with E-state index in [2.05, 4.69) is 41.5 Å². The zero-order valence-corrected chi connectivity index (χ0v) is 16.3. The monoisotopic (exact) mass is 344 g/mol. The molecule has 0 atom stereocenters. The molecule has 5 nitrogen and oxygen atoms in total. The quantitative estimate of drug-likeness (QED) is 0.609. The van der Waals surface area contributed by atoms with Gasteiger partial charge in [0.25, 0.3) is 0 Å². The molecule has 0 bridgehead atoms. The van der Waals surface area contributed by atoms with Gasteiger partial charge in [-0.05, 0) is 36.5 Å². The molecule has 24 heavy (non-hydrogen) atoms. The van der Waals surface area contributed by atoms with Gasteiger partial charge >= 0.3 is 11.9 Å². The number of esters is 2. The minimum Gasteiger partial charge on any atom is -0.463 e.